The molecule has 0 saturated carbocycles. The molecule has 0 heterocycles. The highest BCUT2D eigenvalue weighted by Crippen LogP contribution is 2.40. The van der Waals surface area contributed by atoms with Crippen molar-refractivity contribution < 1.29 is 19.4 Å². The summed E-state index contributed by atoms with van der Waals surface area (Å²) in [6.07, 6.45) is 0.420. The second kappa shape index (κ2) is 9.77. The number of carbonyl (C=O) groups is 1. The summed E-state index contributed by atoms with van der Waals surface area (Å²) in [5.74, 6) is 0.0948. The molecule has 0 aliphatic rings. The monoisotopic (exact) mass is 457 g/mol. The first-order valence-electron chi connectivity index (χ1n) is 11.2. The predicted molar refractivity (Wildman–Crippen MR) is 133 cm³/mol. The molecular weight excluding hydrogens is 418 g/mol. The van der Waals surface area contributed by atoms with E-state index in [0.717, 1.165) is 17.5 Å². The summed E-state index contributed by atoms with van der Waals surface area (Å²) in [7, 11) is -2.12. The van der Waals surface area contributed by atoms with E-state index in [0.29, 0.717) is 12.1 Å². The van der Waals surface area contributed by atoms with Crippen molar-refractivity contribution in [3.05, 3.63) is 59.2 Å². The van der Waals surface area contributed by atoms with Crippen LogP contribution in [-0.2, 0) is 10.8 Å². The quantitative estimate of drug-likeness (QED) is 0.319. The topological polar surface area (TPSA) is 78.8 Å². The van der Waals surface area contributed by atoms with E-state index < -0.39 is 8.32 Å². The van der Waals surface area contributed by atoms with Crippen LogP contribution in [0.15, 0.2) is 42.5 Å². The number of carbonyl (C=O) groups excluding carboxylic acids is 1. The van der Waals surface area contributed by atoms with Crippen LogP contribution in [0.25, 0.3) is 0 Å². The van der Waals surface area contributed by atoms with Crippen molar-refractivity contribution in [2.24, 2.45) is 0 Å². The third kappa shape index (κ3) is 7.19. The van der Waals surface area contributed by atoms with Crippen LogP contribution >= 0.6 is 0 Å². The number of nitrogens with one attached hydrogen (secondary N) is 1. The number of hydrogen-bond acceptors (Lipinski definition) is 5. The van der Waals surface area contributed by atoms with Crippen molar-refractivity contribution in [1.29, 1.82) is 0 Å². The Morgan fingerprint density at radius 3 is 2.16 bits per heavy atom. The van der Waals surface area contributed by atoms with E-state index in [2.05, 4.69) is 53.0 Å². The third-order valence-corrected chi connectivity index (χ3v) is 10.8. The summed E-state index contributed by atoms with van der Waals surface area (Å²) in [5.41, 5.74) is 2.29. The van der Waals surface area contributed by atoms with Gasteiger partial charge in [-0.2, -0.15) is 0 Å². The molecule has 2 aromatic carbocycles. The van der Waals surface area contributed by atoms with Crippen molar-refractivity contribution in [3.8, 4) is 11.5 Å². The molecule has 0 aliphatic carbocycles. The van der Waals surface area contributed by atoms with Crippen LogP contribution in [0.1, 0.15) is 69.1 Å². The number of rotatable bonds is 9. The largest absolute Gasteiger partial charge is 0.508 e. The molecule has 0 fully saturated rings. The molecule has 0 radical (unpaired) electrons. The second-order valence-electron chi connectivity index (χ2n) is 10.8. The molecule has 0 saturated heterocycles. The number of phenols is 2. The lowest BCUT2D eigenvalue weighted by atomic mass is 9.93. The Labute approximate surface area is 194 Å². The van der Waals surface area contributed by atoms with Crippen LogP contribution in [0.5, 0.6) is 11.5 Å². The van der Waals surface area contributed by atoms with E-state index in [9.17, 15) is 15.0 Å². The van der Waals surface area contributed by atoms with Gasteiger partial charge in [-0.15, -0.1) is 0 Å². The van der Waals surface area contributed by atoms with E-state index in [1.807, 2.05) is 24.3 Å². The zero-order chi connectivity index (χ0) is 24.3. The highest BCUT2D eigenvalue weighted by molar-refractivity contribution is 6.74. The van der Waals surface area contributed by atoms with Gasteiger partial charge >= 0.3 is 0 Å². The summed E-state index contributed by atoms with van der Waals surface area (Å²) in [6.45, 7) is 17.3. The van der Waals surface area contributed by atoms with E-state index in [1.54, 1.807) is 19.1 Å². The Bertz CT molecular complexity index is 927. The summed E-state index contributed by atoms with van der Waals surface area (Å²) >= 11 is 0. The van der Waals surface area contributed by atoms with Crippen molar-refractivity contribution >= 4 is 14.1 Å². The van der Waals surface area contributed by atoms with Gasteiger partial charge in [0.1, 0.15) is 11.5 Å². The van der Waals surface area contributed by atoms with Gasteiger partial charge in [-0.3, -0.25) is 4.79 Å². The molecule has 0 spiro atoms. The normalized spacial score (nSPS) is 13.8. The summed E-state index contributed by atoms with van der Waals surface area (Å²) in [5, 5.41) is 23.7. The molecule has 1 atom stereocenters. The van der Waals surface area contributed by atoms with Gasteiger partial charge < -0.3 is 20.0 Å². The van der Waals surface area contributed by atoms with Gasteiger partial charge in [0.2, 0.25) is 0 Å². The minimum absolute atomic E-state index is 0.0177. The molecule has 2 aromatic rings. The maximum atomic E-state index is 11.7. The molecule has 176 valence electrons. The molecule has 2 rings (SSSR count). The van der Waals surface area contributed by atoms with E-state index in [1.165, 1.54) is 6.07 Å². The lowest BCUT2D eigenvalue weighted by Crippen LogP contribution is -2.47. The Kier molecular flexibility index (Phi) is 7.97. The van der Waals surface area contributed by atoms with Gasteiger partial charge in [-0.1, -0.05) is 39.0 Å². The van der Waals surface area contributed by atoms with E-state index in [4.69, 9.17) is 4.43 Å². The molecule has 0 bridgehead atoms. The van der Waals surface area contributed by atoms with Gasteiger partial charge in [-0.05, 0) is 74.7 Å². The highest BCUT2D eigenvalue weighted by atomic mass is 28.4. The molecule has 0 unspecified atom stereocenters. The first kappa shape index (κ1) is 26.1. The van der Waals surface area contributed by atoms with Gasteiger partial charge in [0.05, 0.1) is 6.10 Å². The minimum Gasteiger partial charge on any atom is -0.508 e. The number of Topliss-reactive ketones (excluding diaryl/α,β-unsaturated/α-hetero) is 1. The zero-order valence-corrected chi connectivity index (χ0v) is 21.7. The van der Waals surface area contributed by atoms with Crippen LogP contribution in [0.3, 0.4) is 0 Å². The third-order valence-electron chi connectivity index (χ3n) is 6.29. The summed E-state index contributed by atoms with van der Waals surface area (Å²) in [4.78, 5) is 11.7. The Morgan fingerprint density at radius 1 is 1.03 bits per heavy atom. The van der Waals surface area contributed by atoms with Crippen molar-refractivity contribution in [1.82, 2.24) is 5.32 Å². The number of ketones is 1. The molecule has 0 amide bonds. The number of hydrogen-bond donors (Lipinski definition) is 3. The standard InChI is InChI=1S/C26H39NO4Si/c1-18(28)20-11-9-10-19(12-20)16-26(5,6)27-17-24(31-32(7,8)25(2,3)4)21-13-22(29)15-23(30)14-21/h9-15,24,27,29-30H,16-17H2,1-8H3/t24-/m0/s1. The zero-order valence-electron chi connectivity index (χ0n) is 20.7. The second-order valence-corrected chi connectivity index (χ2v) is 15.6. The Balaban J connectivity index is 2.25. The fourth-order valence-electron chi connectivity index (χ4n) is 3.41. The molecule has 5 nitrogen and oxygen atoms in total. The fraction of sp³-hybridized carbons (Fsp3) is 0.500. The first-order valence-corrected chi connectivity index (χ1v) is 14.1. The average molecular weight is 458 g/mol. The number of aromatic hydroxyl groups is 2. The minimum atomic E-state index is -2.12. The van der Waals surface area contributed by atoms with Gasteiger partial charge in [0.15, 0.2) is 14.1 Å². The van der Waals surface area contributed by atoms with Crippen LogP contribution in [0, 0.1) is 0 Å². The van der Waals surface area contributed by atoms with Crippen LogP contribution in [-0.4, -0.2) is 36.4 Å². The highest BCUT2D eigenvalue weighted by Gasteiger charge is 2.39. The van der Waals surface area contributed by atoms with Crippen LogP contribution in [0.4, 0.5) is 0 Å². The van der Waals surface area contributed by atoms with Crippen molar-refractivity contribution in [2.45, 2.75) is 77.7 Å². The van der Waals surface area contributed by atoms with Gasteiger partial charge in [-0.25, -0.2) is 0 Å². The van der Waals surface area contributed by atoms with Gasteiger partial charge in [0.25, 0.3) is 0 Å². The molecule has 0 aliphatic heterocycles. The molecule has 0 aromatic heterocycles. The molecular formula is C26H39NO4Si. The van der Waals surface area contributed by atoms with E-state index >= 15 is 0 Å². The first-order chi connectivity index (χ1) is 14.6. The smallest absolute Gasteiger partial charge is 0.192 e. The number of phenolic OH excluding ortho intramolecular Hbond substituents is 2. The molecule has 6 heteroatoms. The fourth-order valence-corrected chi connectivity index (χ4v) is 4.69. The SMILES string of the molecule is CC(=O)c1cccc(CC(C)(C)NC[C@H](O[Si](C)(C)C(C)(C)C)c2cc(O)cc(O)c2)c1. The lowest BCUT2D eigenvalue weighted by molar-refractivity contribution is 0.101. The van der Waals surface area contributed by atoms with E-state index in [-0.39, 0.29) is 34.0 Å². The summed E-state index contributed by atoms with van der Waals surface area (Å²) in [6, 6.07) is 12.4. The van der Waals surface area contributed by atoms with Crippen LogP contribution < -0.4 is 5.32 Å². The molecule has 3 N–H and O–H groups in total. The molecule has 32 heavy (non-hydrogen) atoms. The van der Waals surface area contributed by atoms with Crippen LogP contribution in [0.2, 0.25) is 18.1 Å². The van der Waals surface area contributed by atoms with Gasteiger partial charge in [0, 0.05) is 23.7 Å². The maximum absolute atomic E-state index is 11.7. The summed E-state index contributed by atoms with van der Waals surface area (Å²) < 4.78 is 6.70. The maximum Gasteiger partial charge on any atom is 0.192 e. The Morgan fingerprint density at radius 2 is 1.62 bits per heavy atom. The lowest BCUT2D eigenvalue weighted by Gasteiger charge is -2.40. The average Bonchev–Trinajstić information content (AvgIpc) is 2.63. The van der Waals surface area contributed by atoms with Crippen molar-refractivity contribution in [2.75, 3.05) is 6.54 Å². The predicted octanol–water partition coefficient (Wildman–Crippen LogP) is 5.97. The Hall–Kier alpha value is -2.15. The van der Waals surface area contributed by atoms with Crippen molar-refractivity contribution in [3.63, 3.8) is 0 Å². The number of benzene rings is 2.